The van der Waals surface area contributed by atoms with Crippen molar-refractivity contribution in [3.8, 4) is 0 Å². The van der Waals surface area contributed by atoms with E-state index in [1.165, 1.54) is 49.8 Å². The molecule has 4 aliphatic rings. The van der Waals surface area contributed by atoms with Crippen molar-refractivity contribution in [2.45, 2.75) is 76.0 Å². The van der Waals surface area contributed by atoms with Gasteiger partial charge in [-0.3, -0.25) is 4.79 Å². The third-order valence-corrected chi connectivity index (χ3v) is 6.84. The molecule has 1 aromatic rings. The Kier molecular flexibility index (Phi) is 4.39. The van der Waals surface area contributed by atoms with Crippen LogP contribution in [-0.2, 0) is 4.74 Å². The Balaban J connectivity index is 1.43. The van der Waals surface area contributed by atoms with Gasteiger partial charge in [0, 0.05) is 41.4 Å². The average molecular weight is 354 g/mol. The van der Waals surface area contributed by atoms with Crippen molar-refractivity contribution in [2.24, 2.45) is 11.8 Å². The number of anilines is 1. The number of ether oxygens (including phenoxy) is 1. The molecule has 0 radical (unpaired) electrons. The Labute approximate surface area is 156 Å². The second-order valence-electron chi connectivity index (χ2n) is 8.72. The first-order valence-electron chi connectivity index (χ1n) is 10.6. The third-order valence-electron chi connectivity index (χ3n) is 6.84. The molecule has 2 saturated carbocycles. The van der Waals surface area contributed by atoms with Gasteiger partial charge in [0.05, 0.1) is 6.10 Å². The van der Waals surface area contributed by atoms with E-state index in [1.807, 2.05) is 6.07 Å². The van der Waals surface area contributed by atoms with Crippen LogP contribution in [0.3, 0.4) is 0 Å². The van der Waals surface area contributed by atoms with E-state index in [0.29, 0.717) is 18.0 Å². The van der Waals surface area contributed by atoms with Crippen LogP contribution in [0.2, 0.25) is 0 Å². The molecule has 0 spiro atoms. The number of fused-ring (bicyclic) bond motifs is 3. The number of hydrogen-bond acceptors (Lipinski definition) is 3. The van der Waals surface area contributed by atoms with Crippen LogP contribution < -0.4 is 10.6 Å². The maximum Gasteiger partial charge on any atom is 0.251 e. The van der Waals surface area contributed by atoms with Gasteiger partial charge in [-0.2, -0.15) is 0 Å². The van der Waals surface area contributed by atoms with E-state index in [9.17, 15) is 4.79 Å². The molecular weight excluding hydrogens is 324 g/mol. The van der Waals surface area contributed by atoms with E-state index in [-0.39, 0.29) is 12.0 Å². The zero-order chi connectivity index (χ0) is 17.5. The summed E-state index contributed by atoms with van der Waals surface area (Å²) in [5.74, 6) is 1.38. The zero-order valence-corrected chi connectivity index (χ0v) is 15.5. The summed E-state index contributed by atoms with van der Waals surface area (Å²) >= 11 is 0. The van der Waals surface area contributed by atoms with Crippen molar-refractivity contribution >= 4 is 11.6 Å². The Morgan fingerprint density at radius 2 is 1.88 bits per heavy atom. The Morgan fingerprint density at radius 3 is 2.69 bits per heavy atom. The molecule has 1 saturated heterocycles. The number of amides is 1. The van der Waals surface area contributed by atoms with Crippen molar-refractivity contribution in [2.75, 3.05) is 11.9 Å². The molecule has 0 unspecified atom stereocenters. The van der Waals surface area contributed by atoms with E-state index in [0.717, 1.165) is 37.4 Å². The molecule has 3 fully saturated rings. The maximum atomic E-state index is 12.5. The first-order chi connectivity index (χ1) is 12.8. The van der Waals surface area contributed by atoms with E-state index in [2.05, 4.69) is 22.8 Å². The lowest BCUT2D eigenvalue weighted by molar-refractivity contribution is -0.0458. The van der Waals surface area contributed by atoms with Crippen molar-refractivity contribution in [3.05, 3.63) is 29.3 Å². The SMILES string of the molecule is O=C(NC1CC1)c1ccc2c(c1)[C@H]1OCCC[C@H]1[C@H](C1CCCCC1)N2. The lowest BCUT2D eigenvalue weighted by Gasteiger charge is -2.47. The fourth-order valence-corrected chi connectivity index (χ4v) is 5.31. The second-order valence-corrected chi connectivity index (χ2v) is 8.72. The number of rotatable bonds is 3. The van der Waals surface area contributed by atoms with Crippen LogP contribution in [0.15, 0.2) is 18.2 Å². The fourth-order valence-electron chi connectivity index (χ4n) is 5.31. The molecule has 0 bridgehead atoms. The summed E-state index contributed by atoms with van der Waals surface area (Å²) in [5.41, 5.74) is 3.17. The number of carbonyl (C=O) groups is 1. The predicted molar refractivity (Wildman–Crippen MR) is 102 cm³/mol. The minimum Gasteiger partial charge on any atom is -0.381 e. The van der Waals surface area contributed by atoms with Crippen LogP contribution in [0.5, 0.6) is 0 Å². The van der Waals surface area contributed by atoms with Crippen LogP contribution >= 0.6 is 0 Å². The van der Waals surface area contributed by atoms with Gasteiger partial charge in [-0.15, -0.1) is 0 Å². The molecule has 2 heterocycles. The molecule has 140 valence electrons. The van der Waals surface area contributed by atoms with Gasteiger partial charge in [-0.1, -0.05) is 19.3 Å². The van der Waals surface area contributed by atoms with Crippen LogP contribution in [0, 0.1) is 11.8 Å². The number of nitrogens with one attached hydrogen (secondary N) is 2. The molecule has 0 aromatic heterocycles. The van der Waals surface area contributed by atoms with Gasteiger partial charge in [0.25, 0.3) is 5.91 Å². The quantitative estimate of drug-likeness (QED) is 0.845. The van der Waals surface area contributed by atoms with Crippen LogP contribution in [-0.4, -0.2) is 24.6 Å². The van der Waals surface area contributed by atoms with Gasteiger partial charge in [0.2, 0.25) is 0 Å². The highest BCUT2D eigenvalue weighted by atomic mass is 16.5. The van der Waals surface area contributed by atoms with Gasteiger partial charge >= 0.3 is 0 Å². The first kappa shape index (κ1) is 16.6. The molecular formula is C22H30N2O2. The average Bonchev–Trinajstić information content (AvgIpc) is 3.51. The Morgan fingerprint density at radius 1 is 1.04 bits per heavy atom. The van der Waals surface area contributed by atoms with Gasteiger partial charge in [0.1, 0.15) is 0 Å². The summed E-state index contributed by atoms with van der Waals surface area (Å²) < 4.78 is 6.29. The van der Waals surface area contributed by atoms with E-state index < -0.39 is 0 Å². The fraction of sp³-hybridized carbons (Fsp3) is 0.682. The standard InChI is InChI=1S/C22H30N2O2/c25-22(23-16-9-10-16)15-8-11-19-18(13-15)21-17(7-4-12-26-21)20(24-19)14-5-2-1-3-6-14/h8,11,13-14,16-17,20-21,24H,1-7,9-10,12H2,(H,23,25)/t17-,20-,21-/m0/s1. The molecule has 2 aliphatic heterocycles. The van der Waals surface area contributed by atoms with Gasteiger partial charge < -0.3 is 15.4 Å². The number of hydrogen-bond donors (Lipinski definition) is 2. The summed E-state index contributed by atoms with van der Waals surface area (Å²) in [6.07, 6.45) is 11.6. The smallest absolute Gasteiger partial charge is 0.251 e. The summed E-state index contributed by atoms with van der Waals surface area (Å²) in [7, 11) is 0. The molecule has 5 rings (SSSR count). The molecule has 4 heteroatoms. The molecule has 2 aliphatic carbocycles. The van der Waals surface area contributed by atoms with Crippen LogP contribution in [0.25, 0.3) is 0 Å². The second kappa shape index (κ2) is 6.88. The Hall–Kier alpha value is -1.55. The third kappa shape index (κ3) is 3.13. The minimum atomic E-state index is 0.0667. The van der Waals surface area contributed by atoms with Crippen LogP contribution in [0.1, 0.15) is 79.8 Å². The van der Waals surface area contributed by atoms with Crippen molar-refractivity contribution in [3.63, 3.8) is 0 Å². The molecule has 26 heavy (non-hydrogen) atoms. The highest BCUT2D eigenvalue weighted by molar-refractivity contribution is 5.95. The van der Waals surface area contributed by atoms with Gasteiger partial charge in [-0.05, 0) is 62.6 Å². The van der Waals surface area contributed by atoms with Crippen LogP contribution in [0.4, 0.5) is 5.69 Å². The largest absolute Gasteiger partial charge is 0.381 e. The molecule has 1 aromatic carbocycles. The zero-order valence-electron chi connectivity index (χ0n) is 15.5. The van der Waals surface area contributed by atoms with Crippen molar-refractivity contribution in [1.82, 2.24) is 5.32 Å². The highest BCUT2D eigenvalue weighted by Crippen LogP contribution is 2.47. The number of carbonyl (C=O) groups excluding carboxylic acids is 1. The van der Waals surface area contributed by atoms with Gasteiger partial charge in [0.15, 0.2) is 0 Å². The monoisotopic (exact) mass is 354 g/mol. The van der Waals surface area contributed by atoms with E-state index in [4.69, 9.17) is 4.74 Å². The maximum absolute atomic E-state index is 12.5. The lowest BCUT2D eigenvalue weighted by Crippen LogP contribution is -2.46. The normalized spacial score (nSPS) is 31.5. The summed E-state index contributed by atoms with van der Waals surface area (Å²) in [6, 6.07) is 7.09. The first-order valence-corrected chi connectivity index (χ1v) is 10.6. The molecule has 3 atom stereocenters. The Bertz CT molecular complexity index is 679. The minimum absolute atomic E-state index is 0.0667. The number of benzene rings is 1. The van der Waals surface area contributed by atoms with Gasteiger partial charge in [-0.25, -0.2) is 0 Å². The molecule has 4 nitrogen and oxygen atoms in total. The molecule has 1 amide bonds. The van der Waals surface area contributed by atoms with E-state index >= 15 is 0 Å². The summed E-state index contributed by atoms with van der Waals surface area (Å²) in [4.78, 5) is 12.5. The summed E-state index contributed by atoms with van der Waals surface area (Å²) in [5, 5.41) is 6.98. The van der Waals surface area contributed by atoms with Crippen molar-refractivity contribution in [1.29, 1.82) is 0 Å². The predicted octanol–water partition coefficient (Wildman–Crippen LogP) is 4.42. The topological polar surface area (TPSA) is 50.4 Å². The van der Waals surface area contributed by atoms with E-state index in [1.54, 1.807) is 0 Å². The molecule has 2 N–H and O–H groups in total. The highest BCUT2D eigenvalue weighted by Gasteiger charge is 2.42. The lowest BCUT2D eigenvalue weighted by atomic mass is 9.71. The van der Waals surface area contributed by atoms with Crippen molar-refractivity contribution < 1.29 is 9.53 Å². The summed E-state index contributed by atoms with van der Waals surface area (Å²) in [6.45, 7) is 0.844.